The van der Waals surface area contributed by atoms with Gasteiger partial charge in [-0.1, -0.05) is 23.7 Å². The van der Waals surface area contributed by atoms with Crippen molar-refractivity contribution in [1.29, 1.82) is 0 Å². The fourth-order valence-electron chi connectivity index (χ4n) is 7.41. The summed E-state index contributed by atoms with van der Waals surface area (Å²) in [6, 6.07) is 17.3. The molecular weight excluding hydrogens is 640 g/mol. The highest BCUT2D eigenvalue weighted by atomic mass is 35.5. The summed E-state index contributed by atoms with van der Waals surface area (Å²) in [6.45, 7) is 0. The Hall–Kier alpha value is -5.09. The van der Waals surface area contributed by atoms with Crippen molar-refractivity contribution in [2.75, 3.05) is 20.4 Å². The monoisotopic (exact) mass is 672 g/mol. The zero-order valence-electron chi connectivity index (χ0n) is 26.6. The molecule has 0 bridgehead atoms. The molecular formula is C38H33ClN6O4. The zero-order chi connectivity index (χ0) is 33.5. The first kappa shape index (κ1) is 30.0. The van der Waals surface area contributed by atoms with Gasteiger partial charge >= 0.3 is 0 Å². The van der Waals surface area contributed by atoms with E-state index in [2.05, 4.69) is 20.6 Å². The predicted molar refractivity (Wildman–Crippen MR) is 185 cm³/mol. The first-order chi connectivity index (χ1) is 23.8. The topological polar surface area (TPSA) is 125 Å². The Kier molecular flexibility index (Phi) is 6.71. The molecule has 0 radical (unpaired) electrons. The maximum atomic E-state index is 12.8. The fraction of sp³-hybridized carbons (Fsp3) is 0.316. The van der Waals surface area contributed by atoms with Crippen molar-refractivity contribution >= 4 is 58.0 Å². The molecule has 0 atom stereocenters. The summed E-state index contributed by atoms with van der Waals surface area (Å²) in [5.74, 6) is 0.0554. The van der Waals surface area contributed by atoms with Crippen LogP contribution in [0.5, 0.6) is 0 Å². The van der Waals surface area contributed by atoms with Crippen molar-refractivity contribution in [2.24, 2.45) is 0 Å². The van der Waals surface area contributed by atoms with E-state index in [1.807, 2.05) is 46.2 Å². The van der Waals surface area contributed by atoms with Gasteiger partial charge in [0.25, 0.3) is 11.8 Å². The van der Waals surface area contributed by atoms with Gasteiger partial charge in [-0.2, -0.15) is 0 Å². The second-order valence-electron chi connectivity index (χ2n) is 13.9. The van der Waals surface area contributed by atoms with Crippen LogP contribution in [0.15, 0.2) is 79.4 Å². The largest absolute Gasteiger partial charge is 0.322 e. The number of carbonyl (C=O) groups is 4. The second-order valence-corrected chi connectivity index (χ2v) is 14.3. The number of fused-ring (bicyclic) bond motifs is 4. The number of anilines is 4. The molecule has 11 heteroatoms. The van der Waals surface area contributed by atoms with Gasteiger partial charge in [-0.15, -0.1) is 0 Å². The Morgan fingerprint density at radius 2 is 1.16 bits per heavy atom. The van der Waals surface area contributed by atoms with Crippen molar-refractivity contribution in [2.45, 2.75) is 74.3 Å². The van der Waals surface area contributed by atoms with Crippen LogP contribution in [-0.4, -0.2) is 45.7 Å². The van der Waals surface area contributed by atoms with E-state index >= 15 is 0 Å². The van der Waals surface area contributed by atoms with Gasteiger partial charge in [0.15, 0.2) is 0 Å². The Balaban J connectivity index is 0.000000133. The lowest BCUT2D eigenvalue weighted by Crippen LogP contribution is -2.33. The van der Waals surface area contributed by atoms with Crippen LogP contribution < -0.4 is 20.4 Å². The van der Waals surface area contributed by atoms with Crippen molar-refractivity contribution in [1.82, 2.24) is 9.97 Å². The minimum absolute atomic E-state index is 0.166. The molecule has 2 N–H and O–H groups in total. The Bertz CT molecular complexity index is 2070. The first-order valence-electron chi connectivity index (χ1n) is 16.9. The summed E-state index contributed by atoms with van der Waals surface area (Å²) in [5, 5.41) is 6.12. The lowest BCUT2D eigenvalue weighted by atomic mass is 9.97. The normalized spacial score (nSPS) is 20.0. The van der Waals surface area contributed by atoms with Crippen LogP contribution in [0.1, 0.15) is 83.2 Å². The van der Waals surface area contributed by atoms with Crippen LogP contribution in [-0.2, 0) is 20.4 Å². The van der Waals surface area contributed by atoms with Crippen molar-refractivity contribution < 1.29 is 19.2 Å². The highest BCUT2D eigenvalue weighted by molar-refractivity contribution is 6.34. The number of nitrogens with one attached hydrogen (secondary N) is 2. The average Bonchev–Trinajstić information content (AvgIpc) is 3.92. The number of carbonyl (C=O) groups excluding carboxylic acids is 4. The van der Waals surface area contributed by atoms with Crippen LogP contribution in [0.4, 0.5) is 22.7 Å². The van der Waals surface area contributed by atoms with E-state index in [9.17, 15) is 19.2 Å². The summed E-state index contributed by atoms with van der Waals surface area (Å²) in [7, 11) is 0. The predicted octanol–water partition coefficient (Wildman–Crippen LogP) is 6.40. The van der Waals surface area contributed by atoms with Gasteiger partial charge in [0.2, 0.25) is 11.8 Å². The van der Waals surface area contributed by atoms with Crippen molar-refractivity contribution in [3.63, 3.8) is 0 Å². The van der Waals surface area contributed by atoms with E-state index in [0.29, 0.717) is 33.9 Å². The van der Waals surface area contributed by atoms with Gasteiger partial charge in [0.05, 0.1) is 32.8 Å². The van der Waals surface area contributed by atoms with E-state index in [4.69, 9.17) is 11.6 Å². The molecule has 49 heavy (non-hydrogen) atoms. The maximum Gasteiger partial charge on any atom is 0.257 e. The van der Waals surface area contributed by atoms with Crippen LogP contribution in [0.25, 0.3) is 0 Å². The third-order valence-corrected chi connectivity index (χ3v) is 10.9. The van der Waals surface area contributed by atoms with E-state index < -0.39 is 0 Å². The van der Waals surface area contributed by atoms with Gasteiger partial charge in [-0.3, -0.25) is 29.1 Å². The number of rotatable bonds is 6. The van der Waals surface area contributed by atoms with E-state index in [1.165, 1.54) is 12.4 Å². The minimum atomic E-state index is -0.283. The maximum absolute atomic E-state index is 12.8. The van der Waals surface area contributed by atoms with Gasteiger partial charge in [-0.05, 0) is 105 Å². The van der Waals surface area contributed by atoms with Gasteiger partial charge in [0.1, 0.15) is 0 Å². The number of benzene rings is 2. The molecule has 4 fully saturated rings. The number of nitrogens with zero attached hydrogens (tertiary/aromatic N) is 4. The highest BCUT2D eigenvalue weighted by Gasteiger charge is 2.62. The van der Waals surface area contributed by atoms with Crippen LogP contribution in [0.3, 0.4) is 0 Å². The summed E-state index contributed by atoms with van der Waals surface area (Å²) >= 11 is 6.04. The molecule has 4 aromatic rings. The molecule has 4 heterocycles. The van der Waals surface area contributed by atoms with E-state index in [0.717, 1.165) is 79.6 Å². The zero-order valence-corrected chi connectivity index (χ0v) is 27.4. The second kappa shape index (κ2) is 11.0. The van der Waals surface area contributed by atoms with E-state index in [1.54, 1.807) is 30.6 Å². The molecule has 2 spiro atoms. The molecule has 6 aliphatic rings. The molecule has 246 valence electrons. The molecule has 4 amide bonds. The number of hydrogen-bond donors (Lipinski definition) is 2. The summed E-state index contributed by atoms with van der Waals surface area (Å²) in [6.07, 6.45) is 14.2. The number of halogens is 1. The molecule has 4 aliphatic carbocycles. The molecule has 0 saturated heterocycles. The van der Waals surface area contributed by atoms with Gasteiger partial charge in [-0.25, -0.2) is 0 Å². The number of pyridine rings is 2. The highest BCUT2D eigenvalue weighted by Crippen LogP contribution is 2.60. The summed E-state index contributed by atoms with van der Waals surface area (Å²) in [5.41, 5.74) is 6.02. The fourth-order valence-corrected chi connectivity index (χ4v) is 7.61. The SMILES string of the molecule is O=C(Nc1ccc2c(c1)N(C1CC1)C(=O)C21CC1)c1ccncc1.O=C(Nc1ccc2c(c1)N(C1CC1)C(=O)C21CC1)c1ccncc1Cl. The smallest absolute Gasteiger partial charge is 0.257 e. The third kappa shape index (κ3) is 4.99. The van der Waals surface area contributed by atoms with Crippen molar-refractivity contribution in [3.8, 4) is 0 Å². The molecule has 10 nitrogen and oxygen atoms in total. The minimum Gasteiger partial charge on any atom is -0.322 e. The van der Waals surface area contributed by atoms with Crippen LogP contribution in [0, 0.1) is 0 Å². The molecule has 2 aromatic heterocycles. The lowest BCUT2D eigenvalue weighted by Gasteiger charge is -2.17. The summed E-state index contributed by atoms with van der Waals surface area (Å²) in [4.78, 5) is 62.2. The van der Waals surface area contributed by atoms with Gasteiger partial charge < -0.3 is 20.4 Å². The summed E-state index contributed by atoms with van der Waals surface area (Å²) < 4.78 is 0. The standard InChI is InChI=1S/C19H16ClN3O2.C19H17N3O2/c20-15-10-21-8-5-13(15)17(24)22-11-1-4-14-16(9-11)23(12-2-3-12)18(25)19(14)6-7-19;23-17(12-5-9-20-10-6-12)21-13-1-4-15-16(11-13)22(14-2-3-14)18(24)19(15)7-8-19/h1,4-5,8-10,12H,2-3,6-7H2,(H,22,24);1,4-6,9-11,14H,2-3,7-8H2,(H,21,23). The average molecular weight is 673 g/mol. The van der Waals surface area contributed by atoms with Crippen LogP contribution >= 0.6 is 11.6 Å². The Morgan fingerprint density at radius 3 is 1.63 bits per heavy atom. The van der Waals surface area contributed by atoms with Crippen LogP contribution in [0.2, 0.25) is 5.02 Å². The number of aromatic nitrogens is 2. The van der Waals surface area contributed by atoms with Crippen molar-refractivity contribution in [3.05, 3.63) is 107 Å². The lowest BCUT2D eigenvalue weighted by molar-refractivity contribution is -0.121. The molecule has 4 saturated carbocycles. The molecule has 10 rings (SSSR count). The number of amides is 4. The quantitative estimate of drug-likeness (QED) is 0.244. The molecule has 2 aliphatic heterocycles. The Morgan fingerprint density at radius 1 is 0.673 bits per heavy atom. The number of hydrogen-bond acceptors (Lipinski definition) is 6. The molecule has 0 unspecified atom stereocenters. The van der Waals surface area contributed by atoms with Gasteiger partial charge in [0, 0.05) is 53.8 Å². The molecule has 2 aromatic carbocycles. The third-order valence-electron chi connectivity index (χ3n) is 10.6. The van der Waals surface area contributed by atoms with E-state index in [-0.39, 0.29) is 34.5 Å². The first-order valence-corrected chi connectivity index (χ1v) is 17.3. The Labute approximate surface area is 287 Å².